The van der Waals surface area contributed by atoms with Gasteiger partial charge in [0.1, 0.15) is 0 Å². The molecule has 1 aliphatic rings. The molecule has 0 amide bonds. The monoisotopic (exact) mass is 144 g/mol. The van der Waals surface area contributed by atoms with Gasteiger partial charge in [0.2, 0.25) is 0 Å². The molecule has 60 valence electrons. The van der Waals surface area contributed by atoms with Crippen LogP contribution in [0.15, 0.2) is 0 Å². The fourth-order valence-corrected chi connectivity index (χ4v) is 1.92. The molecule has 1 heterocycles. The number of likely N-dealkylation sites (tertiary alicyclic amines) is 1. The molecule has 0 aliphatic carbocycles. The average Bonchev–Trinajstić information content (AvgIpc) is 2.39. The van der Waals surface area contributed by atoms with Gasteiger partial charge in [-0.15, -0.1) is 0 Å². The summed E-state index contributed by atoms with van der Waals surface area (Å²) in [4.78, 5) is 0. The van der Waals surface area contributed by atoms with Gasteiger partial charge in [-0.1, -0.05) is 6.92 Å². The van der Waals surface area contributed by atoms with Crippen molar-refractivity contribution in [3.8, 4) is 0 Å². The number of nitrogens with zero attached hydrogens (tertiary/aromatic N) is 1. The van der Waals surface area contributed by atoms with Gasteiger partial charge >= 0.3 is 0 Å². The summed E-state index contributed by atoms with van der Waals surface area (Å²) in [6, 6.07) is 0. The van der Waals surface area contributed by atoms with Crippen molar-refractivity contribution in [2.75, 3.05) is 26.4 Å². The zero-order valence-corrected chi connectivity index (χ0v) is 6.84. The summed E-state index contributed by atoms with van der Waals surface area (Å²) in [5.74, 6) is 0. The highest BCUT2D eigenvalue weighted by molar-refractivity contribution is 4.51. The number of hydrogen-bond acceptors (Lipinski definition) is 1. The van der Waals surface area contributed by atoms with E-state index in [1.165, 1.54) is 32.4 Å². The molecule has 1 rings (SSSR count). The van der Waals surface area contributed by atoms with Crippen molar-refractivity contribution in [3.63, 3.8) is 0 Å². The summed E-state index contributed by atoms with van der Waals surface area (Å²) >= 11 is 0. The molecule has 1 N–H and O–H groups in total. The molecule has 0 aromatic rings. The zero-order chi connectivity index (χ0) is 7.45. The van der Waals surface area contributed by atoms with E-state index >= 15 is 0 Å². The molecule has 0 bridgehead atoms. The van der Waals surface area contributed by atoms with E-state index in [4.69, 9.17) is 5.11 Å². The maximum Gasteiger partial charge on any atom is 0.180 e. The van der Waals surface area contributed by atoms with E-state index in [1.54, 1.807) is 0 Å². The standard InChI is InChI=1S/C8H18NO/c1-2-5-9(8-10)6-3-4-7-9/h10H,2-8H2,1H3/q+1. The second-order valence-corrected chi connectivity index (χ2v) is 3.36. The van der Waals surface area contributed by atoms with Crippen LogP contribution in [-0.4, -0.2) is 36.0 Å². The van der Waals surface area contributed by atoms with Crippen molar-refractivity contribution >= 4 is 0 Å². The minimum Gasteiger partial charge on any atom is -0.347 e. The minimum absolute atomic E-state index is 0.355. The zero-order valence-electron chi connectivity index (χ0n) is 6.84. The van der Waals surface area contributed by atoms with E-state index in [9.17, 15) is 0 Å². The van der Waals surface area contributed by atoms with Crippen LogP contribution in [0, 0.1) is 0 Å². The molecule has 0 aromatic carbocycles. The number of quaternary nitrogens is 1. The molecule has 1 saturated heterocycles. The molecule has 1 fully saturated rings. The van der Waals surface area contributed by atoms with Gasteiger partial charge in [0.15, 0.2) is 6.73 Å². The van der Waals surface area contributed by atoms with Gasteiger partial charge in [-0.25, -0.2) is 0 Å². The molecule has 2 heteroatoms. The summed E-state index contributed by atoms with van der Waals surface area (Å²) in [5.41, 5.74) is 0. The van der Waals surface area contributed by atoms with Crippen LogP contribution in [-0.2, 0) is 0 Å². The summed E-state index contributed by atoms with van der Waals surface area (Å²) in [6.45, 7) is 6.10. The van der Waals surface area contributed by atoms with Gasteiger partial charge in [-0.3, -0.25) is 0 Å². The molecule has 0 atom stereocenters. The molecule has 10 heavy (non-hydrogen) atoms. The first kappa shape index (κ1) is 8.02. The Morgan fingerprint density at radius 3 is 2.30 bits per heavy atom. The van der Waals surface area contributed by atoms with Crippen LogP contribution in [0.25, 0.3) is 0 Å². The maximum absolute atomic E-state index is 9.12. The molecule has 0 aromatic heterocycles. The smallest absolute Gasteiger partial charge is 0.180 e. The van der Waals surface area contributed by atoms with Crippen molar-refractivity contribution in [1.82, 2.24) is 0 Å². The van der Waals surface area contributed by atoms with Crippen LogP contribution in [0.4, 0.5) is 0 Å². The van der Waals surface area contributed by atoms with E-state index in [0.29, 0.717) is 6.73 Å². The molecule has 0 unspecified atom stereocenters. The predicted octanol–water partition coefficient (Wildman–Crippen LogP) is 0.957. The van der Waals surface area contributed by atoms with Gasteiger partial charge in [-0.2, -0.15) is 0 Å². The fraction of sp³-hybridized carbons (Fsp3) is 1.00. The number of aliphatic hydroxyl groups excluding tert-OH is 1. The Bertz CT molecular complexity index is 97.4. The molecular formula is C8H18NO+. The maximum atomic E-state index is 9.12. The summed E-state index contributed by atoms with van der Waals surface area (Å²) < 4.78 is 0.969. The molecule has 0 saturated carbocycles. The van der Waals surface area contributed by atoms with Crippen LogP contribution >= 0.6 is 0 Å². The van der Waals surface area contributed by atoms with E-state index in [2.05, 4.69) is 6.92 Å². The summed E-state index contributed by atoms with van der Waals surface area (Å²) in [5, 5.41) is 9.12. The van der Waals surface area contributed by atoms with Crippen molar-refractivity contribution in [2.45, 2.75) is 26.2 Å². The third-order valence-corrected chi connectivity index (χ3v) is 2.51. The highest BCUT2D eigenvalue weighted by Gasteiger charge is 2.29. The third-order valence-electron chi connectivity index (χ3n) is 2.51. The van der Waals surface area contributed by atoms with E-state index in [1.807, 2.05) is 0 Å². The lowest BCUT2D eigenvalue weighted by molar-refractivity contribution is -0.934. The lowest BCUT2D eigenvalue weighted by Gasteiger charge is -2.31. The van der Waals surface area contributed by atoms with Crippen molar-refractivity contribution in [3.05, 3.63) is 0 Å². The lowest BCUT2D eigenvalue weighted by Crippen LogP contribution is -2.46. The quantitative estimate of drug-likeness (QED) is 0.585. The largest absolute Gasteiger partial charge is 0.347 e. The lowest BCUT2D eigenvalue weighted by atomic mass is 10.4. The Balaban J connectivity index is 2.41. The summed E-state index contributed by atoms with van der Waals surface area (Å²) in [6.07, 6.45) is 3.81. The van der Waals surface area contributed by atoms with Gasteiger partial charge in [-0.05, 0) is 6.42 Å². The minimum atomic E-state index is 0.355. The molecule has 2 nitrogen and oxygen atoms in total. The Hall–Kier alpha value is -0.0800. The third kappa shape index (κ3) is 1.50. The SMILES string of the molecule is CCC[N+]1(CO)CCCC1. The summed E-state index contributed by atoms with van der Waals surface area (Å²) in [7, 11) is 0. The Kier molecular flexibility index (Phi) is 2.69. The molecule has 1 aliphatic heterocycles. The first-order valence-corrected chi connectivity index (χ1v) is 4.29. The van der Waals surface area contributed by atoms with Gasteiger partial charge < -0.3 is 9.59 Å². The number of aliphatic hydroxyl groups is 1. The second kappa shape index (κ2) is 3.35. The first-order valence-electron chi connectivity index (χ1n) is 4.29. The van der Waals surface area contributed by atoms with Crippen molar-refractivity contribution in [2.24, 2.45) is 0 Å². The van der Waals surface area contributed by atoms with E-state index in [0.717, 1.165) is 11.0 Å². The van der Waals surface area contributed by atoms with Crippen molar-refractivity contribution in [1.29, 1.82) is 0 Å². The van der Waals surface area contributed by atoms with Gasteiger partial charge in [0, 0.05) is 12.8 Å². The predicted molar refractivity (Wildman–Crippen MR) is 41.5 cm³/mol. The van der Waals surface area contributed by atoms with Crippen LogP contribution in [0.3, 0.4) is 0 Å². The van der Waals surface area contributed by atoms with Crippen LogP contribution in [0.2, 0.25) is 0 Å². The van der Waals surface area contributed by atoms with Gasteiger partial charge in [0.25, 0.3) is 0 Å². The van der Waals surface area contributed by atoms with E-state index in [-0.39, 0.29) is 0 Å². The molecule has 0 radical (unpaired) electrons. The number of hydrogen-bond donors (Lipinski definition) is 1. The Morgan fingerprint density at radius 2 is 1.90 bits per heavy atom. The van der Waals surface area contributed by atoms with Crippen LogP contribution in [0.1, 0.15) is 26.2 Å². The average molecular weight is 144 g/mol. The topological polar surface area (TPSA) is 20.2 Å². The molecular weight excluding hydrogens is 126 g/mol. The highest BCUT2D eigenvalue weighted by atomic mass is 16.3. The van der Waals surface area contributed by atoms with Crippen molar-refractivity contribution < 1.29 is 9.59 Å². The molecule has 0 spiro atoms. The normalized spacial score (nSPS) is 23.4. The van der Waals surface area contributed by atoms with Crippen LogP contribution < -0.4 is 0 Å². The van der Waals surface area contributed by atoms with Gasteiger partial charge in [0.05, 0.1) is 19.6 Å². The highest BCUT2D eigenvalue weighted by Crippen LogP contribution is 2.18. The fourth-order valence-electron chi connectivity index (χ4n) is 1.92. The Labute approximate surface area is 63.1 Å². The van der Waals surface area contributed by atoms with E-state index < -0.39 is 0 Å². The first-order chi connectivity index (χ1) is 4.83. The second-order valence-electron chi connectivity index (χ2n) is 3.36. The number of rotatable bonds is 3. The van der Waals surface area contributed by atoms with Crippen LogP contribution in [0.5, 0.6) is 0 Å². The Morgan fingerprint density at radius 1 is 1.30 bits per heavy atom.